The standard InChI is InChI=1S/C59H35N5O2.Pt/c1-3-14-39(15-4-1)46-22-12-23-47(40-16-5-2-6-17-40)59(46)63-38-62(52-25-9-10-26-53(52)63)42-18-11-19-43(34-42)65-44-29-30-49-48-20-7-8-24-51(48)64(54(49)35-44)57-31-28-41(36-61-57)45-21-13-27-55-58(45)50-32-33-60-37-56(50)66-55;/h1-33,36-37H;/q-2;. The van der Waals surface area contributed by atoms with Gasteiger partial charge < -0.3 is 4.42 Å². The van der Waals surface area contributed by atoms with Gasteiger partial charge in [-0.3, -0.25) is 4.98 Å². The molecule has 320 valence electrons. The Balaban J connectivity index is 0.901. The van der Waals surface area contributed by atoms with Crippen LogP contribution in [-0.4, -0.2) is 23.7 Å². The van der Waals surface area contributed by atoms with Gasteiger partial charge in [-0.25, -0.2) is 0 Å². The van der Waals surface area contributed by atoms with Crippen molar-refractivity contribution in [2.75, 3.05) is 0 Å². The van der Waals surface area contributed by atoms with Crippen molar-refractivity contribution in [1.82, 2.24) is 23.7 Å². The van der Waals surface area contributed by atoms with E-state index in [1.165, 1.54) is 0 Å². The summed E-state index contributed by atoms with van der Waals surface area (Å²) in [5.74, 6) is 1.92. The van der Waals surface area contributed by atoms with Gasteiger partial charge in [0.2, 0.25) is 0 Å². The summed E-state index contributed by atoms with van der Waals surface area (Å²) in [6, 6.07) is 74.5. The van der Waals surface area contributed by atoms with Crippen LogP contribution in [-0.2, 0) is 19.4 Å². The third-order valence-corrected chi connectivity index (χ3v) is 13.5. The van der Waals surface area contributed by atoms with Crippen molar-refractivity contribution in [3.8, 4) is 62.1 Å². The van der Waals surface area contributed by atoms with E-state index in [1.807, 2.05) is 42.6 Å². The van der Waals surface area contributed by atoms with Gasteiger partial charge >= 0.3 is 294 Å². The molecule has 5 aromatic heterocycles. The number of fused-ring (bicyclic) bond motifs is 7. The molecule has 0 radical (unpaired) electrons. The summed E-state index contributed by atoms with van der Waals surface area (Å²) in [7, 11) is 0. The topological polar surface area (TPSA) is 62.9 Å². The average molecular weight is 1040 g/mol. The number of hydrogen-bond acceptors (Lipinski definition) is 4. The third-order valence-electron chi connectivity index (χ3n) is 12.5. The summed E-state index contributed by atoms with van der Waals surface area (Å²) in [4.78, 5) is 9.34. The fraction of sp³-hybridized carbons (Fsp3) is 0. The summed E-state index contributed by atoms with van der Waals surface area (Å²) in [6.07, 6.45) is 5.50. The first-order chi connectivity index (χ1) is 33.2. The zero-order chi connectivity index (χ0) is 44.4. The zero-order valence-electron chi connectivity index (χ0n) is 35.6. The molecule has 0 saturated carbocycles. The van der Waals surface area contributed by atoms with Gasteiger partial charge in [0, 0.05) is 28.7 Å². The Kier molecular flexibility index (Phi) is 9.29. The molecule has 8 heteroatoms. The number of pyridine rings is 2. The zero-order valence-corrected chi connectivity index (χ0v) is 37.8. The number of ether oxygens (including phenoxy) is 1. The number of imidazole rings is 1. The molecule has 8 aromatic carbocycles. The second-order valence-corrected chi connectivity index (χ2v) is 17.3. The molecule has 7 nitrogen and oxygen atoms in total. The molecule has 13 rings (SSSR count). The van der Waals surface area contributed by atoms with Gasteiger partial charge in [-0.2, -0.15) is 0 Å². The molecule has 5 heterocycles. The van der Waals surface area contributed by atoms with E-state index in [0.29, 0.717) is 11.5 Å². The van der Waals surface area contributed by atoms with E-state index in [9.17, 15) is 0 Å². The van der Waals surface area contributed by atoms with Crippen LogP contribution in [0.3, 0.4) is 0 Å². The second kappa shape index (κ2) is 15.9. The Bertz CT molecular complexity index is 4040. The summed E-state index contributed by atoms with van der Waals surface area (Å²) < 4.78 is 20.6. The molecule has 0 bridgehead atoms. The van der Waals surface area contributed by atoms with Crippen LogP contribution in [0.5, 0.6) is 11.5 Å². The molecule has 67 heavy (non-hydrogen) atoms. The fourth-order valence-electron chi connectivity index (χ4n) is 9.55. The molecular weight excluding hydrogens is 1010 g/mol. The van der Waals surface area contributed by atoms with Crippen LogP contribution >= 0.6 is 0 Å². The summed E-state index contributed by atoms with van der Waals surface area (Å²) in [5.41, 5.74) is 14.2. The molecule has 0 aliphatic carbocycles. The van der Waals surface area contributed by atoms with Crippen LogP contribution in [0.4, 0.5) is 0 Å². The van der Waals surface area contributed by atoms with Crippen molar-refractivity contribution in [3.63, 3.8) is 0 Å². The molecule has 0 aliphatic heterocycles. The van der Waals surface area contributed by atoms with Crippen LogP contribution in [0.2, 0.25) is 0 Å². The number of hydrogen-bond donors (Lipinski definition) is 0. The van der Waals surface area contributed by atoms with Crippen LogP contribution in [0.25, 0.3) is 105 Å². The number of rotatable bonds is 8. The normalized spacial score (nSPS) is 11.7. The van der Waals surface area contributed by atoms with Crippen molar-refractivity contribution >= 4 is 54.8 Å². The van der Waals surface area contributed by atoms with Gasteiger partial charge in [-0.1, -0.05) is 24.3 Å². The molecule has 0 unspecified atom stereocenters. The summed E-state index contributed by atoms with van der Waals surface area (Å²) >= 11 is 2.47. The van der Waals surface area contributed by atoms with Gasteiger partial charge in [0.25, 0.3) is 0 Å². The number of aromatic nitrogens is 5. The Morgan fingerprint density at radius 1 is 0.463 bits per heavy atom. The average Bonchev–Trinajstić information content (AvgIpc) is 4.03. The molecule has 0 aliphatic rings. The van der Waals surface area contributed by atoms with E-state index in [0.717, 1.165) is 109 Å². The number of benzene rings is 8. The molecule has 13 aromatic rings. The van der Waals surface area contributed by atoms with Crippen LogP contribution in [0.1, 0.15) is 0 Å². The van der Waals surface area contributed by atoms with Gasteiger partial charge in [0.15, 0.2) is 5.58 Å². The van der Waals surface area contributed by atoms with Crippen molar-refractivity contribution in [1.29, 1.82) is 0 Å². The van der Waals surface area contributed by atoms with E-state index < -0.39 is 0 Å². The molecule has 0 fully saturated rings. The summed E-state index contributed by atoms with van der Waals surface area (Å²) in [6.45, 7) is 0. The van der Waals surface area contributed by atoms with E-state index >= 15 is 0 Å². The molecule has 0 atom stereocenters. The maximum atomic E-state index is 6.70. The maximum absolute atomic E-state index is 6.70. The Morgan fingerprint density at radius 2 is 1.13 bits per heavy atom. The van der Waals surface area contributed by atoms with Crippen molar-refractivity contribution in [3.05, 3.63) is 229 Å². The number of furan rings is 1. The van der Waals surface area contributed by atoms with E-state index in [4.69, 9.17) is 14.1 Å². The first-order valence-corrected chi connectivity index (χ1v) is 23.1. The molecule has 0 spiro atoms. The van der Waals surface area contributed by atoms with E-state index in [1.54, 1.807) is 12.4 Å². The Hall–Kier alpha value is -8.38. The fourth-order valence-corrected chi connectivity index (χ4v) is 10.6. The first kappa shape index (κ1) is 39.0. The number of para-hydroxylation sites is 4. The minimum absolute atomic E-state index is 0.571. The van der Waals surface area contributed by atoms with E-state index in [2.05, 4.69) is 208 Å². The van der Waals surface area contributed by atoms with Gasteiger partial charge in [-0.05, 0) is 23.8 Å². The molecule has 0 N–H and O–H groups in total. The van der Waals surface area contributed by atoms with Gasteiger partial charge in [0.1, 0.15) is 5.58 Å². The number of nitrogens with zero attached hydrogens (tertiary/aromatic N) is 5. The monoisotopic (exact) mass is 1040 g/mol. The van der Waals surface area contributed by atoms with Gasteiger partial charge in [-0.15, -0.1) is 0 Å². The molecular formula is C59H35N5O2Pt-2. The van der Waals surface area contributed by atoms with Crippen LogP contribution in [0, 0.1) is 15.9 Å². The third kappa shape index (κ3) is 6.50. The first-order valence-electron chi connectivity index (χ1n) is 22.0. The van der Waals surface area contributed by atoms with Gasteiger partial charge in [0.05, 0.1) is 6.20 Å². The Morgan fingerprint density at radius 3 is 1.90 bits per heavy atom. The Labute approximate surface area is 395 Å². The quantitative estimate of drug-likeness (QED) is 0.142. The van der Waals surface area contributed by atoms with Crippen LogP contribution in [0.15, 0.2) is 217 Å². The molecule has 0 amide bonds. The predicted octanol–water partition coefficient (Wildman–Crippen LogP) is 14.7. The van der Waals surface area contributed by atoms with E-state index in [-0.39, 0.29) is 0 Å². The minimum atomic E-state index is 0.571. The second-order valence-electron chi connectivity index (χ2n) is 16.3. The van der Waals surface area contributed by atoms with Crippen molar-refractivity contribution in [2.45, 2.75) is 0 Å². The predicted molar refractivity (Wildman–Crippen MR) is 264 cm³/mol. The van der Waals surface area contributed by atoms with Crippen LogP contribution < -0.4 is 4.74 Å². The van der Waals surface area contributed by atoms with Crippen molar-refractivity contribution in [2.24, 2.45) is 0 Å². The molecule has 0 saturated heterocycles. The summed E-state index contributed by atoms with van der Waals surface area (Å²) in [5, 5.41) is 4.24. The van der Waals surface area contributed by atoms with Crippen molar-refractivity contribution < 1.29 is 28.5 Å². The SMILES string of the molecule is [Pt]=[c]1n(-c2[c-]c(Oc3[c-]c4c(cc3)c3ccccc3n4-c3ccc(-c4cccc5oc6cnccc6c45)cn3)ccc2)c2ccccc2n1-c1c(-c2ccccc2)cccc1-c1ccccc1.